The van der Waals surface area contributed by atoms with Crippen LogP contribution in [0.1, 0.15) is 17.5 Å². The van der Waals surface area contributed by atoms with Gasteiger partial charge in [-0.2, -0.15) is 4.52 Å². The van der Waals surface area contributed by atoms with Gasteiger partial charge in [0.25, 0.3) is 0 Å². The molecule has 4 aromatic rings. The summed E-state index contributed by atoms with van der Waals surface area (Å²) in [6.45, 7) is 3.36. The Kier molecular flexibility index (Phi) is 2.80. The molecule has 8 nitrogen and oxygen atoms in total. The van der Waals surface area contributed by atoms with E-state index in [0.717, 1.165) is 65.7 Å². The van der Waals surface area contributed by atoms with Crippen LogP contribution < -0.4 is 4.90 Å². The highest BCUT2D eigenvalue weighted by molar-refractivity contribution is 7.26. The van der Waals surface area contributed by atoms with Crippen molar-refractivity contribution in [1.29, 1.82) is 0 Å². The molecule has 0 aromatic carbocycles. The summed E-state index contributed by atoms with van der Waals surface area (Å²) in [6.07, 6.45) is 5.06. The van der Waals surface area contributed by atoms with E-state index < -0.39 is 0 Å². The number of fused-ring (bicyclic) bond motifs is 7. The van der Waals surface area contributed by atoms with Crippen LogP contribution >= 0.6 is 11.3 Å². The molecule has 1 aliphatic carbocycles. The molecule has 1 saturated heterocycles. The Hall–Kier alpha value is -2.39. The Morgan fingerprint density at radius 2 is 2.00 bits per heavy atom. The van der Waals surface area contributed by atoms with Crippen LogP contribution in [0.4, 0.5) is 5.82 Å². The summed E-state index contributed by atoms with van der Waals surface area (Å²) in [5.74, 6) is 1.14. The third-order valence-electron chi connectivity index (χ3n) is 5.16. The fourth-order valence-electron chi connectivity index (χ4n) is 4.04. The van der Waals surface area contributed by atoms with Crippen LogP contribution in [0.3, 0.4) is 0 Å². The minimum atomic E-state index is 0.757. The molecule has 126 valence electrons. The van der Waals surface area contributed by atoms with Gasteiger partial charge in [-0.15, -0.1) is 16.4 Å². The molecule has 25 heavy (non-hydrogen) atoms. The van der Waals surface area contributed by atoms with Crippen LogP contribution in [0.15, 0.2) is 6.33 Å². The second kappa shape index (κ2) is 5.06. The SMILES string of the molecule is c1nc2c(sc3nc(N4CCOCC4)c4c(c32)CCC4)c2nnnn12. The highest BCUT2D eigenvalue weighted by Crippen LogP contribution is 2.42. The van der Waals surface area contributed by atoms with E-state index in [1.165, 1.54) is 22.9 Å². The van der Waals surface area contributed by atoms with E-state index in [0.29, 0.717) is 0 Å². The molecule has 4 aromatic heterocycles. The van der Waals surface area contributed by atoms with Gasteiger partial charge in [-0.05, 0) is 40.8 Å². The molecule has 9 heteroatoms. The van der Waals surface area contributed by atoms with Gasteiger partial charge in [0.1, 0.15) is 21.7 Å². The number of hydrogen-bond acceptors (Lipinski definition) is 8. The number of thiophene rings is 1. The fraction of sp³-hybridized carbons (Fsp3) is 0.438. The molecule has 0 radical (unpaired) electrons. The maximum atomic E-state index is 5.51. The number of aryl methyl sites for hydroxylation is 1. The Morgan fingerprint density at radius 3 is 2.92 bits per heavy atom. The van der Waals surface area contributed by atoms with Crippen LogP contribution in [0.25, 0.3) is 26.1 Å². The second-order valence-corrected chi connectivity index (χ2v) is 7.50. The molecular weight excluding hydrogens is 338 g/mol. The fourth-order valence-corrected chi connectivity index (χ4v) is 5.16. The molecule has 1 fully saturated rings. The van der Waals surface area contributed by atoms with E-state index in [4.69, 9.17) is 9.72 Å². The molecule has 6 rings (SSSR count). The zero-order valence-electron chi connectivity index (χ0n) is 13.5. The molecule has 2 aliphatic rings. The monoisotopic (exact) mass is 353 g/mol. The first kappa shape index (κ1) is 13.9. The maximum Gasteiger partial charge on any atom is 0.200 e. The van der Waals surface area contributed by atoms with E-state index in [2.05, 4.69) is 25.4 Å². The third kappa shape index (κ3) is 1.87. The van der Waals surface area contributed by atoms with Crippen molar-refractivity contribution in [2.45, 2.75) is 19.3 Å². The number of aromatic nitrogens is 6. The normalized spacial score (nSPS) is 17.8. The van der Waals surface area contributed by atoms with Crippen LogP contribution in [-0.2, 0) is 17.6 Å². The molecule has 0 spiro atoms. The Morgan fingerprint density at radius 1 is 1.12 bits per heavy atom. The zero-order chi connectivity index (χ0) is 16.4. The minimum Gasteiger partial charge on any atom is -0.378 e. The van der Waals surface area contributed by atoms with Crippen molar-refractivity contribution in [3.63, 3.8) is 0 Å². The molecule has 0 unspecified atom stereocenters. The van der Waals surface area contributed by atoms with E-state index in [1.807, 2.05) is 0 Å². The molecule has 5 heterocycles. The van der Waals surface area contributed by atoms with Gasteiger partial charge < -0.3 is 9.64 Å². The highest BCUT2D eigenvalue weighted by Gasteiger charge is 2.27. The van der Waals surface area contributed by atoms with Crippen molar-refractivity contribution in [2.75, 3.05) is 31.2 Å². The summed E-state index contributed by atoms with van der Waals surface area (Å²) in [6, 6.07) is 0. The van der Waals surface area contributed by atoms with Crippen molar-refractivity contribution >= 4 is 43.2 Å². The largest absolute Gasteiger partial charge is 0.378 e. The number of morpholine rings is 1. The Bertz CT molecular complexity index is 1130. The van der Waals surface area contributed by atoms with Crippen LogP contribution in [0.2, 0.25) is 0 Å². The van der Waals surface area contributed by atoms with Gasteiger partial charge in [0.2, 0.25) is 0 Å². The smallest absolute Gasteiger partial charge is 0.200 e. The number of nitrogens with zero attached hydrogens (tertiary/aromatic N) is 7. The lowest BCUT2D eigenvalue weighted by Gasteiger charge is -2.29. The Labute approximate surface area is 146 Å². The van der Waals surface area contributed by atoms with Crippen molar-refractivity contribution in [3.8, 4) is 0 Å². The molecule has 0 atom stereocenters. The number of hydrogen-bond donors (Lipinski definition) is 0. The third-order valence-corrected chi connectivity index (χ3v) is 6.23. The summed E-state index contributed by atoms with van der Waals surface area (Å²) in [5.41, 5.74) is 4.56. The first-order valence-electron chi connectivity index (χ1n) is 8.53. The number of anilines is 1. The number of ether oxygens (including phenoxy) is 1. The lowest BCUT2D eigenvalue weighted by Crippen LogP contribution is -2.37. The van der Waals surface area contributed by atoms with E-state index in [1.54, 1.807) is 22.2 Å². The van der Waals surface area contributed by atoms with E-state index >= 15 is 0 Å². The average molecular weight is 353 g/mol. The summed E-state index contributed by atoms with van der Waals surface area (Å²) in [7, 11) is 0. The topological polar surface area (TPSA) is 81.3 Å². The molecule has 0 saturated carbocycles. The van der Waals surface area contributed by atoms with E-state index in [9.17, 15) is 0 Å². The van der Waals surface area contributed by atoms with Crippen molar-refractivity contribution < 1.29 is 4.74 Å². The highest BCUT2D eigenvalue weighted by atomic mass is 32.1. The predicted molar refractivity (Wildman–Crippen MR) is 94.3 cm³/mol. The average Bonchev–Trinajstić information content (AvgIpc) is 3.37. The summed E-state index contributed by atoms with van der Waals surface area (Å²) < 4.78 is 8.16. The van der Waals surface area contributed by atoms with Gasteiger partial charge in [0.05, 0.1) is 18.7 Å². The van der Waals surface area contributed by atoms with Gasteiger partial charge in [0, 0.05) is 18.5 Å². The molecule has 0 amide bonds. The van der Waals surface area contributed by atoms with Crippen LogP contribution in [-0.4, -0.2) is 56.3 Å². The first-order chi connectivity index (χ1) is 12.4. The van der Waals surface area contributed by atoms with Crippen molar-refractivity contribution in [3.05, 3.63) is 17.5 Å². The van der Waals surface area contributed by atoms with Gasteiger partial charge in [-0.3, -0.25) is 0 Å². The molecule has 0 N–H and O–H groups in total. The lowest BCUT2D eigenvalue weighted by molar-refractivity contribution is 0.122. The van der Waals surface area contributed by atoms with Gasteiger partial charge >= 0.3 is 0 Å². The molecule has 1 aliphatic heterocycles. The van der Waals surface area contributed by atoms with Crippen molar-refractivity contribution in [1.82, 2.24) is 30.0 Å². The molecule has 0 bridgehead atoms. The van der Waals surface area contributed by atoms with Crippen molar-refractivity contribution in [2.24, 2.45) is 0 Å². The molecular formula is C16H15N7OS. The summed E-state index contributed by atoms with van der Waals surface area (Å²) in [5, 5.41) is 13.1. The first-order valence-corrected chi connectivity index (χ1v) is 9.35. The predicted octanol–water partition coefficient (Wildman–Crippen LogP) is 1.61. The number of tetrazole rings is 1. The summed E-state index contributed by atoms with van der Waals surface area (Å²) in [4.78, 5) is 13.1. The lowest BCUT2D eigenvalue weighted by atomic mass is 10.1. The zero-order valence-corrected chi connectivity index (χ0v) is 14.3. The van der Waals surface area contributed by atoms with Crippen LogP contribution in [0, 0.1) is 0 Å². The summed E-state index contributed by atoms with van der Waals surface area (Å²) >= 11 is 1.65. The maximum absolute atomic E-state index is 5.51. The van der Waals surface area contributed by atoms with E-state index in [-0.39, 0.29) is 0 Å². The van der Waals surface area contributed by atoms with Gasteiger partial charge in [-0.1, -0.05) is 0 Å². The van der Waals surface area contributed by atoms with Crippen LogP contribution in [0.5, 0.6) is 0 Å². The number of pyridine rings is 1. The second-order valence-electron chi connectivity index (χ2n) is 6.50. The quantitative estimate of drug-likeness (QED) is 0.514. The minimum absolute atomic E-state index is 0.757. The van der Waals surface area contributed by atoms with Gasteiger partial charge in [-0.25, -0.2) is 9.97 Å². The standard InChI is InChI=1S/C16H15N7OS/c1-2-9-10(3-1)14(22-4-6-24-7-5-22)18-16-11(9)12-13(25-16)15-19-20-21-23(15)8-17-12/h8H,1-7H2. The number of rotatable bonds is 1. The van der Waals surface area contributed by atoms with Gasteiger partial charge in [0.15, 0.2) is 5.65 Å². The Balaban J connectivity index is 1.69.